The van der Waals surface area contributed by atoms with Gasteiger partial charge in [-0.2, -0.15) is 17.0 Å². The Morgan fingerprint density at radius 1 is 0.966 bits per heavy atom. The summed E-state index contributed by atoms with van der Waals surface area (Å²) in [6.07, 6.45) is 0.695. The highest BCUT2D eigenvalue weighted by molar-refractivity contribution is 7.86. The van der Waals surface area contributed by atoms with E-state index < -0.39 is 10.2 Å². The molecule has 1 N–H and O–H groups in total. The normalized spacial score (nSPS) is 17.2. The predicted molar refractivity (Wildman–Crippen MR) is 116 cm³/mol. The molecule has 1 fully saturated rings. The molecule has 1 aliphatic heterocycles. The minimum absolute atomic E-state index is 0.181. The molecule has 0 radical (unpaired) electrons. The fourth-order valence-corrected chi connectivity index (χ4v) is 5.28. The molecular formula is C22H29N3O3S. The molecule has 6 nitrogen and oxygen atoms in total. The molecule has 7 heteroatoms. The van der Waals surface area contributed by atoms with E-state index in [1.54, 1.807) is 0 Å². The van der Waals surface area contributed by atoms with Gasteiger partial charge in [-0.15, -0.1) is 0 Å². The Morgan fingerprint density at radius 2 is 1.62 bits per heavy atom. The molecule has 0 aliphatic carbocycles. The van der Waals surface area contributed by atoms with E-state index in [9.17, 15) is 13.2 Å². The van der Waals surface area contributed by atoms with Gasteiger partial charge in [0.05, 0.1) is 6.54 Å². The van der Waals surface area contributed by atoms with Crippen LogP contribution in [0.25, 0.3) is 0 Å². The van der Waals surface area contributed by atoms with Crippen molar-refractivity contribution in [1.82, 2.24) is 8.61 Å². The maximum Gasteiger partial charge on any atom is 0.282 e. The van der Waals surface area contributed by atoms with Crippen molar-refractivity contribution < 1.29 is 13.2 Å². The number of hydrogen-bond donors (Lipinski definition) is 1. The number of amides is 1. The Morgan fingerprint density at radius 3 is 2.31 bits per heavy atom. The van der Waals surface area contributed by atoms with Crippen LogP contribution in [0.2, 0.25) is 0 Å². The van der Waals surface area contributed by atoms with Crippen molar-refractivity contribution in [2.24, 2.45) is 0 Å². The van der Waals surface area contributed by atoms with Crippen molar-refractivity contribution in [3.63, 3.8) is 0 Å². The molecule has 0 spiro atoms. The summed E-state index contributed by atoms with van der Waals surface area (Å²) in [6, 6.07) is 11.8. The molecule has 29 heavy (non-hydrogen) atoms. The monoisotopic (exact) mass is 415 g/mol. The minimum Gasteiger partial charge on any atom is -0.324 e. The maximum absolute atomic E-state index is 13.1. The number of anilines is 1. The van der Waals surface area contributed by atoms with Gasteiger partial charge in [-0.1, -0.05) is 42.0 Å². The van der Waals surface area contributed by atoms with Crippen LogP contribution in [0.4, 0.5) is 5.69 Å². The SMILES string of the molecule is Cc1ccc(C)c(CN2CCCN(CC(=O)Nc3c(C)cccc3C)S2(=O)=O)c1. The molecule has 2 aromatic carbocycles. The zero-order chi connectivity index (χ0) is 21.2. The third kappa shape index (κ3) is 4.86. The van der Waals surface area contributed by atoms with Crippen LogP contribution < -0.4 is 5.32 Å². The van der Waals surface area contributed by atoms with E-state index in [2.05, 4.69) is 5.32 Å². The summed E-state index contributed by atoms with van der Waals surface area (Å²) in [5.74, 6) is -0.320. The van der Waals surface area contributed by atoms with Crippen molar-refractivity contribution >= 4 is 21.8 Å². The first-order valence-corrected chi connectivity index (χ1v) is 11.3. The lowest BCUT2D eigenvalue weighted by Gasteiger charge is -2.34. The summed E-state index contributed by atoms with van der Waals surface area (Å²) in [5, 5.41) is 2.88. The van der Waals surface area contributed by atoms with Crippen LogP contribution in [-0.4, -0.2) is 42.6 Å². The lowest BCUT2D eigenvalue weighted by atomic mass is 10.1. The van der Waals surface area contributed by atoms with Crippen molar-refractivity contribution in [3.8, 4) is 0 Å². The summed E-state index contributed by atoms with van der Waals surface area (Å²) >= 11 is 0. The van der Waals surface area contributed by atoms with Gasteiger partial charge < -0.3 is 5.32 Å². The van der Waals surface area contributed by atoms with Crippen LogP contribution in [0.5, 0.6) is 0 Å². The fourth-order valence-electron chi connectivity index (χ4n) is 3.65. The number of hydrogen-bond acceptors (Lipinski definition) is 3. The number of aryl methyl sites for hydroxylation is 4. The van der Waals surface area contributed by atoms with E-state index in [4.69, 9.17) is 0 Å². The second-order valence-corrected chi connectivity index (χ2v) is 9.70. The molecule has 3 rings (SSSR count). The number of para-hydroxylation sites is 1. The van der Waals surface area contributed by atoms with Gasteiger partial charge in [-0.3, -0.25) is 4.79 Å². The summed E-state index contributed by atoms with van der Waals surface area (Å²) < 4.78 is 29.0. The molecular weight excluding hydrogens is 386 g/mol. The molecule has 156 valence electrons. The van der Waals surface area contributed by atoms with Gasteiger partial charge in [-0.25, -0.2) is 0 Å². The average molecular weight is 416 g/mol. The lowest BCUT2D eigenvalue weighted by molar-refractivity contribution is -0.116. The smallest absolute Gasteiger partial charge is 0.282 e. The van der Waals surface area contributed by atoms with E-state index in [0.717, 1.165) is 33.5 Å². The van der Waals surface area contributed by atoms with Crippen LogP contribution in [0.15, 0.2) is 36.4 Å². The standard InChI is InChI=1S/C22H29N3O3S/c1-16-9-10-17(2)20(13-16)14-24-11-6-12-25(29(24,27)28)15-21(26)23-22-18(3)7-5-8-19(22)4/h5,7-10,13H,6,11-12,14-15H2,1-4H3,(H,23,26). The summed E-state index contributed by atoms with van der Waals surface area (Å²) in [6.45, 7) is 8.79. The quantitative estimate of drug-likeness (QED) is 0.815. The van der Waals surface area contributed by atoms with Gasteiger partial charge in [0.2, 0.25) is 5.91 Å². The number of benzene rings is 2. The first-order valence-electron chi connectivity index (χ1n) is 9.86. The van der Waals surface area contributed by atoms with Gasteiger partial charge in [0, 0.05) is 25.3 Å². The topological polar surface area (TPSA) is 69.7 Å². The van der Waals surface area contributed by atoms with Crippen molar-refractivity contribution in [2.75, 3.05) is 25.0 Å². The Hall–Kier alpha value is -2.22. The summed E-state index contributed by atoms with van der Waals surface area (Å²) in [5.41, 5.74) is 5.82. The molecule has 0 aromatic heterocycles. The molecule has 1 heterocycles. The van der Waals surface area contributed by atoms with E-state index in [0.29, 0.717) is 26.1 Å². The van der Waals surface area contributed by atoms with Crippen molar-refractivity contribution in [3.05, 3.63) is 64.2 Å². The van der Waals surface area contributed by atoms with Crippen molar-refractivity contribution in [2.45, 2.75) is 40.7 Å². The molecule has 2 aromatic rings. The molecule has 1 saturated heterocycles. The minimum atomic E-state index is -3.69. The Balaban J connectivity index is 1.73. The van der Waals surface area contributed by atoms with Crippen LogP contribution in [0, 0.1) is 27.7 Å². The zero-order valence-electron chi connectivity index (χ0n) is 17.5. The first kappa shape index (κ1) is 21.5. The molecule has 0 saturated carbocycles. The third-order valence-electron chi connectivity index (χ3n) is 5.38. The summed E-state index contributed by atoms with van der Waals surface area (Å²) in [4.78, 5) is 12.6. The van der Waals surface area contributed by atoms with Crippen LogP contribution in [-0.2, 0) is 21.5 Å². The van der Waals surface area contributed by atoms with Crippen molar-refractivity contribution in [1.29, 1.82) is 0 Å². The lowest BCUT2D eigenvalue weighted by Crippen LogP contribution is -2.51. The number of carbonyl (C=O) groups is 1. The molecule has 0 atom stereocenters. The molecule has 1 aliphatic rings. The van der Waals surface area contributed by atoms with Gasteiger partial charge in [0.15, 0.2) is 0 Å². The average Bonchev–Trinajstić information content (AvgIpc) is 2.65. The van der Waals surface area contributed by atoms with Crippen LogP contribution >= 0.6 is 0 Å². The first-order chi connectivity index (χ1) is 13.7. The molecule has 0 unspecified atom stereocenters. The Bertz CT molecular complexity index is 998. The molecule has 1 amide bonds. The van der Waals surface area contributed by atoms with E-state index in [-0.39, 0.29) is 12.5 Å². The predicted octanol–water partition coefficient (Wildman–Crippen LogP) is 3.31. The van der Waals surface area contributed by atoms with Gasteiger partial charge >= 0.3 is 0 Å². The van der Waals surface area contributed by atoms with Gasteiger partial charge in [0.1, 0.15) is 0 Å². The fraction of sp³-hybridized carbons (Fsp3) is 0.409. The second-order valence-electron chi connectivity index (χ2n) is 7.77. The van der Waals surface area contributed by atoms with Gasteiger partial charge in [-0.05, 0) is 56.4 Å². The third-order valence-corrected chi connectivity index (χ3v) is 7.31. The van der Waals surface area contributed by atoms with E-state index in [1.165, 1.54) is 8.61 Å². The Kier molecular flexibility index (Phi) is 6.41. The Labute approximate surface area is 173 Å². The number of carbonyl (C=O) groups excluding carboxylic acids is 1. The highest BCUT2D eigenvalue weighted by atomic mass is 32.2. The van der Waals surface area contributed by atoms with E-state index >= 15 is 0 Å². The number of nitrogens with one attached hydrogen (secondary N) is 1. The highest BCUT2D eigenvalue weighted by Crippen LogP contribution is 2.23. The highest BCUT2D eigenvalue weighted by Gasteiger charge is 2.35. The zero-order valence-corrected chi connectivity index (χ0v) is 18.3. The largest absolute Gasteiger partial charge is 0.324 e. The summed E-state index contributed by atoms with van der Waals surface area (Å²) in [7, 11) is -3.69. The number of rotatable bonds is 5. The second kappa shape index (κ2) is 8.65. The van der Waals surface area contributed by atoms with E-state index in [1.807, 2.05) is 64.1 Å². The molecule has 0 bridgehead atoms. The van der Waals surface area contributed by atoms with Gasteiger partial charge in [0.25, 0.3) is 10.2 Å². The number of nitrogens with zero attached hydrogens (tertiary/aromatic N) is 2. The van der Waals surface area contributed by atoms with Crippen LogP contribution in [0.1, 0.15) is 34.2 Å². The van der Waals surface area contributed by atoms with Crippen LogP contribution in [0.3, 0.4) is 0 Å². The maximum atomic E-state index is 13.1.